The summed E-state index contributed by atoms with van der Waals surface area (Å²) in [7, 11) is 0. The standard InChI is InChI=1S/C14H26O/c1-10-9-14(10,15)12-7-5-11(6-8-12)13(2,3)4/h10-12,15H,5-9H2,1-4H3. The molecule has 0 aliphatic heterocycles. The van der Waals surface area contributed by atoms with Crippen molar-refractivity contribution >= 4 is 0 Å². The van der Waals surface area contributed by atoms with Crippen molar-refractivity contribution in [2.75, 3.05) is 0 Å². The Kier molecular flexibility index (Phi) is 2.65. The lowest BCUT2D eigenvalue weighted by molar-refractivity contribution is 0.0244. The van der Waals surface area contributed by atoms with Crippen molar-refractivity contribution in [2.45, 2.75) is 65.4 Å². The highest BCUT2D eigenvalue weighted by atomic mass is 16.3. The molecule has 15 heavy (non-hydrogen) atoms. The highest BCUT2D eigenvalue weighted by Gasteiger charge is 2.55. The molecule has 1 N–H and O–H groups in total. The summed E-state index contributed by atoms with van der Waals surface area (Å²) < 4.78 is 0. The minimum Gasteiger partial charge on any atom is -0.389 e. The van der Waals surface area contributed by atoms with Crippen LogP contribution in [0.3, 0.4) is 0 Å². The quantitative estimate of drug-likeness (QED) is 0.701. The number of hydrogen-bond donors (Lipinski definition) is 1. The molecule has 0 radical (unpaired) electrons. The van der Waals surface area contributed by atoms with Crippen molar-refractivity contribution in [3.8, 4) is 0 Å². The fraction of sp³-hybridized carbons (Fsp3) is 1.00. The molecule has 2 atom stereocenters. The van der Waals surface area contributed by atoms with Crippen LogP contribution in [0.25, 0.3) is 0 Å². The van der Waals surface area contributed by atoms with Gasteiger partial charge in [-0.1, -0.05) is 27.7 Å². The molecule has 0 saturated heterocycles. The summed E-state index contributed by atoms with van der Waals surface area (Å²) in [5, 5.41) is 10.3. The van der Waals surface area contributed by atoms with E-state index in [4.69, 9.17) is 0 Å². The zero-order chi connectivity index (χ0) is 11.3. The fourth-order valence-corrected chi connectivity index (χ4v) is 3.46. The molecule has 0 spiro atoms. The van der Waals surface area contributed by atoms with Crippen molar-refractivity contribution in [2.24, 2.45) is 23.2 Å². The first kappa shape index (κ1) is 11.4. The Balaban J connectivity index is 1.88. The van der Waals surface area contributed by atoms with Gasteiger partial charge in [-0.2, -0.15) is 0 Å². The normalized spacial score (nSPS) is 46.6. The summed E-state index contributed by atoms with van der Waals surface area (Å²) >= 11 is 0. The summed E-state index contributed by atoms with van der Waals surface area (Å²) in [6.07, 6.45) is 6.20. The molecule has 2 saturated carbocycles. The van der Waals surface area contributed by atoms with Gasteiger partial charge in [0.25, 0.3) is 0 Å². The Bertz CT molecular complexity index is 232. The number of aliphatic hydroxyl groups is 1. The zero-order valence-corrected chi connectivity index (χ0v) is 10.7. The average Bonchev–Trinajstić information content (AvgIpc) is 2.75. The van der Waals surface area contributed by atoms with Gasteiger partial charge in [0.15, 0.2) is 0 Å². The number of rotatable bonds is 1. The molecule has 0 aromatic carbocycles. The van der Waals surface area contributed by atoms with Gasteiger partial charge in [-0.05, 0) is 55.3 Å². The van der Waals surface area contributed by atoms with E-state index in [9.17, 15) is 5.11 Å². The topological polar surface area (TPSA) is 20.2 Å². The van der Waals surface area contributed by atoms with Gasteiger partial charge >= 0.3 is 0 Å². The summed E-state index contributed by atoms with van der Waals surface area (Å²) in [6.45, 7) is 9.25. The molecule has 1 heteroatoms. The van der Waals surface area contributed by atoms with Gasteiger partial charge in [0.2, 0.25) is 0 Å². The largest absolute Gasteiger partial charge is 0.389 e. The fourth-order valence-electron chi connectivity index (χ4n) is 3.46. The van der Waals surface area contributed by atoms with E-state index in [0.29, 0.717) is 17.3 Å². The van der Waals surface area contributed by atoms with Gasteiger partial charge in [-0.15, -0.1) is 0 Å². The SMILES string of the molecule is CC1CC1(O)C1CCC(C(C)(C)C)CC1. The van der Waals surface area contributed by atoms with Gasteiger partial charge in [0.1, 0.15) is 0 Å². The van der Waals surface area contributed by atoms with Crippen molar-refractivity contribution in [3.05, 3.63) is 0 Å². The van der Waals surface area contributed by atoms with Gasteiger partial charge in [-0.3, -0.25) is 0 Å². The third-order valence-electron chi connectivity index (χ3n) is 4.99. The molecular formula is C14H26O. The van der Waals surface area contributed by atoms with Crippen LogP contribution in [0.1, 0.15) is 59.8 Å². The van der Waals surface area contributed by atoms with E-state index in [0.717, 1.165) is 12.3 Å². The molecule has 2 fully saturated rings. The summed E-state index contributed by atoms with van der Waals surface area (Å²) in [4.78, 5) is 0. The zero-order valence-electron chi connectivity index (χ0n) is 10.7. The molecule has 88 valence electrons. The van der Waals surface area contributed by atoms with Gasteiger partial charge in [-0.25, -0.2) is 0 Å². The molecule has 2 aliphatic carbocycles. The molecular weight excluding hydrogens is 184 g/mol. The molecule has 0 aromatic heterocycles. The molecule has 0 amide bonds. The smallest absolute Gasteiger partial charge is 0.0705 e. The van der Waals surface area contributed by atoms with Crippen LogP contribution < -0.4 is 0 Å². The Hall–Kier alpha value is -0.0400. The maximum absolute atomic E-state index is 10.3. The van der Waals surface area contributed by atoms with Crippen molar-refractivity contribution in [1.82, 2.24) is 0 Å². The lowest BCUT2D eigenvalue weighted by atomic mass is 9.68. The third kappa shape index (κ3) is 2.08. The molecule has 2 unspecified atom stereocenters. The minimum atomic E-state index is -0.261. The van der Waals surface area contributed by atoms with E-state index < -0.39 is 0 Å². The maximum Gasteiger partial charge on any atom is 0.0705 e. The molecule has 0 bridgehead atoms. The Morgan fingerprint density at radius 2 is 1.53 bits per heavy atom. The van der Waals surface area contributed by atoms with E-state index in [1.807, 2.05) is 0 Å². The van der Waals surface area contributed by atoms with Crippen LogP contribution in [-0.4, -0.2) is 10.7 Å². The van der Waals surface area contributed by atoms with Crippen LogP contribution in [-0.2, 0) is 0 Å². The predicted molar refractivity (Wildman–Crippen MR) is 63.6 cm³/mol. The first-order chi connectivity index (χ1) is 6.84. The first-order valence-electron chi connectivity index (χ1n) is 6.56. The Morgan fingerprint density at radius 3 is 1.87 bits per heavy atom. The number of hydrogen-bond acceptors (Lipinski definition) is 1. The molecule has 0 aromatic rings. The summed E-state index contributed by atoms with van der Waals surface area (Å²) in [5.41, 5.74) is 0.200. The highest BCUT2D eigenvalue weighted by Crippen LogP contribution is 2.54. The second-order valence-electron chi connectivity index (χ2n) is 7.01. The lowest BCUT2D eigenvalue weighted by Crippen LogP contribution is -2.32. The molecule has 1 nitrogen and oxygen atoms in total. The molecule has 2 rings (SSSR count). The summed E-state index contributed by atoms with van der Waals surface area (Å²) in [5.74, 6) is 2.03. The van der Waals surface area contributed by atoms with Crippen molar-refractivity contribution in [1.29, 1.82) is 0 Å². The van der Waals surface area contributed by atoms with Gasteiger partial charge < -0.3 is 5.11 Å². The van der Waals surface area contributed by atoms with E-state index in [2.05, 4.69) is 27.7 Å². The molecule has 0 heterocycles. The second kappa shape index (κ2) is 3.48. The second-order valence-corrected chi connectivity index (χ2v) is 7.01. The lowest BCUT2D eigenvalue weighted by Gasteiger charge is -2.38. The maximum atomic E-state index is 10.3. The van der Waals surface area contributed by atoms with Crippen LogP contribution in [0, 0.1) is 23.2 Å². The third-order valence-corrected chi connectivity index (χ3v) is 4.99. The Labute approximate surface area is 94.3 Å². The van der Waals surface area contributed by atoms with Gasteiger partial charge in [0, 0.05) is 0 Å². The van der Waals surface area contributed by atoms with Crippen LogP contribution in [0.2, 0.25) is 0 Å². The monoisotopic (exact) mass is 210 g/mol. The van der Waals surface area contributed by atoms with E-state index in [-0.39, 0.29) is 5.60 Å². The predicted octanol–water partition coefficient (Wildman–Crippen LogP) is 3.61. The van der Waals surface area contributed by atoms with E-state index >= 15 is 0 Å². The Morgan fingerprint density at radius 1 is 1.07 bits per heavy atom. The van der Waals surface area contributed by atoms with Crippen molar-refractivity contribution in [3.63, 3.8) is 0 Å². The van der Waals surface area contributed by atoms with Crippen LogP contribution in [0.4, 0.5) is 0 Å². The van der Waals surface area contributed by atoms with Crippen molar-refractivity contribution < 1.29 is 5.11 Å². The highest BCUT2D eigenvalue weighted by molar-refractivity contribution is 5.06. The van der Waals surface area contributed by atoms with E-state index in [1.165, 1.54) is 25.7 Å². The van der Waals surface area contributed by atoms with Gasteiger partial charge in [0.05, 0.1) is 5.60 Å². The molecule has 2 aliphatic rings. The average molecular weight is 210 g/mol. The summed E-state index contributed by atoms with van der Waals surface area (Å²) in [6, 6.07) is 0. The van der Waals surface area contributed by atoms with E-state index in [1.54, 1.807) is 0 Å². The van der Waals surface area contributed by atoms with Crippen LogP contribution >= 0.6 is 0 Å². The minimum absolute atomic E-state index is 0.261. The van der Waals surface area contributed by atoms with Crippen LogP contribution in [0.5, 0.6) is 0 Å². The van der Waals surface area contributed by atoms with Crippen LogP contribution in [0.15, 0.2) is 0 Å². The first-order valence-corrected chi connectivity index (χ1v) is 6.56.